The zero-order chi connectivity index (χ0) is 17.2. The van der Waals surface area contributed by atoms with Crippen LogP contribution in [0.1, 0.15) is 29.8 Å². The summed E-state index contributed by atoms with van der Waals surface area (Å²) in [5.74, 6) is -0.0876. The zero-order valence-corrected chi connectivity index (χ0v) is 13.7. The number of amides is 1. The second kappa shape index (κ2) is 6.35. The lowest BCUT2D eigenvalue weighted by molar-refractivity contribution is -0.134. The van der Waals surface area contributed by atoms with Gasteiger partial charge in [0.2, 0.25) is 0 Å². The topological polar surface area (TPSA) is 64.6 Å². The Morgan fingerprint density at radius 2 is 1.92 bits per heavy atom. The molecule has 1 N–H and O–H groups in total. The molecule has 1 atom stereocenters. The zero-order valence-electron chi connectivity index (χ0n) is 13.7. The van der Waals surface area contributed by atoms with Crippen LogP contribution in [-0.4, -0.2) is 24.1 Å². The molecule has 1 aliphatic heterocycles. The summed E-state index contributed by atoms with van der Waals surface area (Å²) >= 11 is 0. The van der Waals surface area contributed by atoms with Gasteiger partial charge in [-0.2, -0.15) is 0 Å². The molecule has 5 heteroatoms. The quantitative estimate of drug-likeness (QED) is 0.877. The number of hydrogen-bond donors (Lipinski definition) is 1. The first-order valence-electron chi connectivity index (χ1n) is 7.87. The van der Waals surface area contributed by atoms with Gasteiger partial charge >= 0.3 is 5.97 Å². The summed E-state index contributed by atoms with van der Waals surface area (Å²) in [7, 11) is 0. The molecule has 1 heterocycles. The highest BCUT2D eigenvalue weighted by Crippen LogP contribution is 2.29. The minimum atomic E-state index is -1.23. The van der Waals surface area contributed by atoms with Crippen molar-refractivity contribution in [2.45, 2.75) is 25.9 Å². The molecule has 2 aromatic rings. The molecule has 1 aliphatic rings. The Labute approximate surface area is 140 Å². The maximum absolute atomic E-state index is 12.6. The highest BCUT2D eigenvalue weighted by atomic mass is 16.6. The highest BCUT2D eigenvalue weighted by molar-refractivity contribution is 6.02. The fraction of sp³-hybridized carbons (Fsp3) is 0.263. The Morgan fingerprint density at radius 3 is 2.62 bits per heavy atom. The van der Waals surface area contributed by atoms with Crippen LogP contribution in [0.15, 0.2) is 48.5 Å². The number of cyclic esters (lactones) is 1. The molecule has 0 spiro atoms. The standard InChI is InChI=1S/C19H19NO4/c1-3-23-15-10-8-14(9-11-15)20-18(22)19(2)12-13-6-4-5-7-16(13)17(21)24-19/h4-11H,3,12H2,1-2H3,(H,20,22). The summed E-state index contributed by atoms with van der Waals surface area (Å²) < 4.78 is 10.8. The number of fused-ring (bicyclic) bond motifs is 1. The summed E-state index contributed by atoms with van der Waals surface area (Å²) in [4.78, 5) is 24.8. The Morgan fingerprint density at radius 1 is 1.21 bits per heavy atom. The number of esters is 1. The van der Waals surface area contributed by atoms with Crippen LogP contribution in [0.4, 0.5) is 5.69 Å². The molecule has 0 aromatic heterocycles. The summed E-state index contributed by atoms with van der Waals surface area (Å²) in [5, 5.41) is 2.80. The van der Waals surface area contributed by atoms with Crippen molar-refractivity contribution in [3.05, 3.63) is 59.7 Å². The number of ether oxygens (including phenoxy) is 2. The van der Waals surface area contributed by atoms with Crippen LogP contribution in [0.25, 0.3) is 0 Å². The van der Waals surface area contributed by atoms with Gasteiger partial charge in [0.05, 0.1) is 12.2 Å². The van der Waals surface area contributed by atoms with Gasteiger partial charge in [0, 0.05) is 12.1 Å². The molecule has 1 amide bonds. The molecule has 0 radical (unpaired) electrons. The maximum Gasteiger partial charge on any atom is 0.339 e. The van der Waals surface area contributed by atoms with Crippen molar-refractivity contribution in [2.24, 2.45) is 0 Å². The normalized spacial score (nSPS) is 19.2. The van der Waals surface area contributed by atoms with Gasteiger partial charge in [-0.25, -0.2) is 4.79 Å². The van der Waals surface area contributed by atoms with Gasteiger partial charge in [-0.05, 0) is 49.7 Å². The van der Waals surface area contributed by atoms with Crippen molar-refractivity contribution >= 4 is 17.6 Å². The minimum absolute atomic E-state index is 0.345. The SMILES string of the molecule is CCOc1ccc(NC(=O)C2(C)Cc3ccccc3C(=O)O2)cc1. The van der Waals surface area contributed by atoms with E-state index < -0.39 is 11.6 Å². The molecule has 3 rings (SSSR count). The monoisotopic (exact) mass is 325 g/mol. The molecule has 0 saturated heterocycles. The number of benzene rings is 2. The van der Waals surface area contributed by atoms with E-state index in [-0.39, 0.29) is 5.91 Å². The predicted molar refractivity (Wildman–Crippen MR) is 90.2 cm³/mol. The van der Waals surface area contributed by atoms with Gasteiger partial charge < -0.3 is 14.8 Å². The third-order valence-corrected chi connectivity index (χ3v) is 3.99. The van der Waals surface area contributed by atoms with Crippen LogP contribution in [-0.2, 0) is 16.0 Å². The van der Waals surface area contributed by atoms with Crippen molar-refractivity contribution in [3.63, 3.8) is 0 Å². The van der Waals surface area contributed by atoms with E-state index in [1.165, 1.54) is 0 Å². The number of rotatable bonds is 4. The fourth-order valence-electron chi connectivity index (χ4n) is 2.72. The maximum atomic E-state index is 12.6. The van der Waals surface area contributed by atoms with E-state index in [0.717, 1.165) is 11.3 Å². The van der Waals surface area contributed by atoms with Crippen molar-refractivity contribution in [1.29, 1.82) is 0 Å². The lowest BCUT2D eigenvalue weighted by Gasteiger charge is -2.33. The Bertz CT molecular complexity index is 769. The Balaban J connectivity index is 1.76. The van der Waals surface area contributed by atoms with E-state index in [1.807, 2.05) is 19.1 Å². The number of anilines is 1. The predicted octanol–water partition coefficient (Wildman–Crippen LogP) is 3.20. The van der Waals surface area contributed by atoms with Gasteiger partial charge in [-0.3, -0.25) is 4.79 Å². The van der Waals surface area contributed by atoms with Gasteiger partial charge in [0.15, 0.2) is 5.60 Å². The van der Waals surface area contributed by atoms with Crippen LogP contribution >= 0.6 is 0 Å². The summed E-state index contributed by atoms with van der Waals surface area (Å²) in [6, 6.07) is 14.3. The molecule has 5 nitrogen and oxygen atoms in total. The Kier molecular flexibility index (Phi) is 4.25. The first kappa shape index (κ1) is 16.1. The molecule has 2 aromatic carbocycles. The van der Waals surface area contributed by atoms with Gasteiger partial charge in [-0.15, -0.1) is 0 Å². The third kappa shape index (κ3) is 3.11. The van der Waals surface area contributed by atoms with E-state index >= 15 is 0 Å². The van der Waals surface area contributed by atoms with E-state index in [0.29, 0.717) is 24.3 Å². The number of nitrogens with one attached hydrogen (secondary N) is 1. The van der Waals surface area contributed by atoms with E-state index in [1.54, 1.807) is 43.3 Å². The van der Waals surface area contributed by atoms with Crippen LogP contribution < -0.4 is 10.1 Å². The number of carbonyl (C=O) groups excluding carboxylic acids is 2. The van der Waals surface area contributed by atoms with Crippen LogP contribution in [0.5, 0.6) is 5.75 Å². The van der Waals surface area contributed by atoms with E-state index in [4.69, 9.17) is 9.47 Å². The molecule has 0 saturated carbocycles. The number of carbonyl (C=O) groups is 2. The first-order chi connectivity index (χ1) is 11.5. The van der Waals surface area contributed by atoms with Gasteiger partial charge in [-0.1, -0.05) is 18.2 Å². The third-order valence-electron chi connectivity index (χ3n) is 3.99. The first-order valence-corrected chi connectivity index (χ1v) is 7.87. The van der Waals surface area contributed by atoms with Crippen molar-refractivity contribution in [1.82, 2.24) is 0 Å². The molecule has 24 heavy (non-hydrogen) atoms. The average molecular weight is 325 g/mol. The Hall–Kier alpha value is -2.82. The molecule has 124 valence electrons. The lowest BCUT2D eigenvalue weighted by Crippen LogP contribution is -2.48. The van der Waals surface area contributed by atoms with Gasteiger partial charge in [0.1, 0.15) is 5.75 Å². The molecule has 0 aliphatic carbocycles. The molecule has 0 fully saturated rings. The smallest absolute Gasteiger partial charge is 0.339 e. The molecular weight excluding hydrogens is 306 g/mol. The van der Waals surface area contributed by atoms with Crippen molar-refractivity contribution < 1.29 is 19.1 Å². The fourth-order valence-corrected chi connectivity index (χ4v) is 2.72. The minimum Gasteiger partial charge on any atom is -0.494 e. The highest BCUT2D eigenvalue weighted by Gasteiger charge is 2.42. The van der Waals surface area contributed by atoms with Crippen LogP contribution in [0.2, 0.25) is 0 Å². The average Bonchev–Trinajstić information content (AvgIpc) is 2.57. The summed E-state index contributed by atoms with van der Waals surface area (Å²) in [6.07, 6.45) is 0.345. The van der Waals surface area contributed by atoms with Crippen LogP contribution in [0.3, 0.4) is 0 Å². The summed E-state index contributed by atoms with van der Waals surface area (Å²) in [5.41, 5.74) is 0.728. The summed E-state index contributed by atoms with van der Waals surface area (Å²) in [6.45, 7) is 4.12. The molecule has 1 unspecified atom stereocenters. The lowest BCUT2D eigenvalue weighted by atomic mass is 9.89. The molecule has 0 bridgehead atoms. The van der Waals surface area contributed by atoms with Gasteiger partial charge in [0.25, 0.3) is 5.91 Å². The second-order valence-electron chi connectivity index (χ2n) is 5.87. The van der Waals surface area contributed by atoms with E-state index in [2.05, 4.69) is 5.32 Å². The number of hydrogen-bond acceptors (Lipinski definition) is 4. The van der Waals surface area contributed by atoms with Crippen molar-refractivity contribution in [3.8, 4) is 5.75 Å². The van der Waals surface area contributed by atoms with E-state index in [9.17, 15) is 9.59 Å². The van der Waals surface area contributed by atoms with Crippen LogP contribution in [0, 0.1) is 0 Å². The molecular formula is C19H19NO4. The second-order valence-corrected chi connectivity index (χ2v) is 5.87. The van der Waals surface area contributed by atoms with Crippen molar-refractivity contribution in [2.75, 3.05) is 11.9 Å². The largest absolute Gasteiger partial charge is 0.494 e.